The number of methoxy groups -OCH3 is 2. The summed E-state index contributed by atoms with van der Waals surface area (Å²) in [6.45, 7) is 24.3. The van der Waals surface area contributed by atoms with Crippen molar-refractivity contribution in [3.05, 3.63) is 295 Å². The normalized spacial score (nSPS) is 16.7. The van der Waals surface area contributed by atoms with E-state index < -0.39 is 18.0 Å². The summed E-state index contributed by atoms with van der Waals surface area (Å²) < 4.78 is 26.1. The molecule has 14 aromatic rings. The topological polar surface area (TPSA) is 221 Å². The third kappa shape index (κ3) is 18.7. The minimum Gasteiger partial charge on any atom is -0.497 e. The summed E-state index contributed by atoms with van der Waals surface area (Å²) in [7, 11) is 3.35. The molecule has 4 saturated heterocycles. The number of nitrogens with one attached hydrogen (secondary N) is 1. The van der Waals surface area contributed by atoms with Crippen LogP contribution in [0.25, 0.3) is 54.5 Å². The smallest absolute Gasteiger partial charge is 0.324 e. The predicted octanol–water partition coefficient (Wildman–Crippen LogP) is 16.9. The zero-order valence-electron chi connectivity index (χ0n) is 73.3. The van der Waals surface area contributed by atoms with Gasteiger partial charge in [0.2, 0.25) is 0 Å². The SMILES string of the molecule is [CH2]C(c1ccc2c(C)nccc2n1)(N1CCN(c2ccc3c(C)nccc3n2)CC1)N(CC(N1CCC(OCc2cc(OC)cc(OC)c2)CC1)N(CC(N1CCC(OC(c2ccccc2)c2ccccc2)CC1)N(CCN1CCC(Cc2ccccc2)CC1)C(=O)Nc1ccc2c(C)nccc2n1)c1ccc2c(C)nccc2n1)c1ccc2c(C)nccc2n1. The first-order valence-electron chi connectivity index (χ1n) is 44.6. The lowest BCUT2D eigenvalue weighted by atomic mass is 9.90. The molecular formula is C102H112N19O5. The molecule has 3 unspecified atom stereocenters. The minimum absolute atomic E-state index is 0.121. The molecule has 0 spiro atoms. The van der Waals surface area contributed by atoms with Gasteiger partial charge in [-0.1, -0.05) is 91.0 Å². The maximum atomic E-state index is 16.9. The lowest BCUT2D eigenvalue weighted by Crippen LogP contribution is -2.68. The van der Waals surface area contributed by atoms with Crippen molar-refractivity contribution in [3.63, 3.8) is 0 Å². The van der Waals surface area contributed by atoms with Crippen LogP contribution in [-0.2, 0) is 28.2 Å². The molecule has 4 aromatic carbocycles. The number of anilines is 4. The first-order valence-corrected chi connectivity index (χ1v) is 44.6. The van der Waals surface area contributed by atoms with E-state index >= 15 is 4.79 Å². The Morgan fingerprint density at radius 3 is 1.52 bits per heavy atom. The molecule has 4 aliphatic rings. The van der Waals surface area contributed by atoms with Gasteiger partial charge in [-0.05, 0) is 231 Å². The molecule has 14 heterocycles. The van der Waals surface area contributed by atoms with Gasteiger partial charge in [-0.3, -0.25) is 44.9 Å². The lowest BCUT2D eigenvalue weighted by molar-refractivity contribution is -0.0471. The van der Waals surface area contributed by atoms with Gasteiger partial charge in [-0.15, -0.1) is 0 Å². The number of pyridine rings is 10. The largest absolute Gasteiger partial charge is 0.497 e. The van der Waals surface area contributed by atoms with Gasteiger partial charge < -0.3 is 43.4 Å². The predicted molar refractivity (Wildman–Crippen MR) is 499 cm³/mol. The Labute approximate surface area is 738 Å². The van der Waals surface area contributed by atoms with Gasteiger partial charge in [-0.25, -0.2) is 29.7 Å². The van der Waals surface area contributed by atoms with Crippen LogP contribution in [0.1, 0.15) is 101 Å². The molecule has 0 saturated carbocycles. The average Bonchev–Trinajstić information content (AvgIpc) is 0.735. The zero-order chi connectivity index (χ0) is 86.2. The highest BCUT2D eigenvalue weighted by Crippen LogP contribution is 2.42. The zero-order valence-corrected chi connectivity index (χ0v) is 73.3. The highest BCUT2D eigenvalue weighted by atomic mass is 16.5. The number of amides is 2. The number of hydrogen-bond donors (Lipinski definition) is 1. The van der Waals surface area contributed by atoms with Crippen LogP contribution in [-0.4, -0.2) is 211 Å². The van der Waals surface area contributed by atoms with E-state index in [1.165, 1.54) is 5.56 Å². The fraction of sp³-hybridized carbons (Fsp3) is 0.353. The number of urea groups is 1. The molecule has 126 heavy (non-hydrogen) atoms. The van der Waals surface area contributed by atoms with E-state index in [4.69, 9.17) is 65.7 Å². The van der Waals surface area contributed by atoms with E-state index in [0.29, 0.717) is 127 Å². The monoisotopic (exact) mass is 1680 g/mol. The van der Waals surface area contributed by atoms with Crippen molar-refractivity contribution >= 4 is 83.8 Å². The molecule has 4 fully saturated rings. The number of fused-ring (bicyclic) bond motifs is 5. The number of piperazine rings is 1. The van der Waals surface area contributed by atoms with Crippen LogP contribution in [0, 0.1) is 47.5 Å². The standard InChI is InChI=1S/C102H112N19O5/c1-69-83-24-29-93(108-88(83)34-45-103-69)102(6,118-59-57-115(58-60-118)95-31-26-85-71(3)105-47-36-90(85)110-95)121(97-33-28-87-73(5)107-49-38-92(87)112-97)67-99(117-52-41-79(42-53-117)125-68-76-63-81(123-7)65-82(64-76)124-8)120(96-32-27-86-72(4)106-48-37-91(86)111-96)66-98(116-54-43-80(44-55-116)126-100(77-20-14-10-15-21-77)78-22-16-11-17-23-78)119(101(122)113-94-30-25-84-70(2)104-46-35-89(84)109-94)61-56-114-50-39-75(40-51-114)62-74-18-12-9-13-19-74/h9-38,45-49,63-65,75,79-80,98-100H,6,39-44,50-62,66-68H2,1-5,7-8H3,(H,109,113,122). The van der Waals surface area contributed by atoms with Gasteiger partial charge in [0.25, 0.3) is 0 Å². The second-order valence-corrected chi connectivity index (χ2v) is 34.2. The Kier molecular flexibility index (Phi) is 25.7. The number of aromatic nitrogens is 10. The molecule has 0 aliphatic carbocycles. The number of likely N-dealkylation sites (tertiary alicyclic amines) is 3. The summed E-state index contributed by atoms with van der Waals surface area (Å²) in [6, 6.07) is 68.9. The summed E-state index contributed by atoms with van der Waals surface area (Å²) in [5, 5.41) is 8.26. The number of benzene rings is 4. The van der Waals surface area contributed by atoms with Crippen molar-refractivity contribution in [1.82, 2.24) is 74.3 Å². The molecular weight excluding hydrogens is 1570 g/mol. The van der Waals surface area contributed by atoms with E-state index in [9.17, 15) is 0 Å². The third-order valence-corrected chi connectivity index (χ3v) is 26.5. The molecule has 1 radical (unpaired) electrons. The van der Waals surface area contributed by atoms with Crippen LogP contribution in [0.3, 0.4) is 0 Å². The van der Waals surface area contributed by atoms with Crippen LogP contribution in [0.4, 0.5) is 28.1 Å². The first-order chi connectivity index (χ1) is 61.6. The van der Waals surface area contributed by atoms with Crippen molar-refractivity contribution in [1.29, 1.82) is 0 Å². The minimum atomic E-state index is -1.32. The number of aryl methyl sites for hydroxylation is 5. The number of piperidine rings is 3. The highest BCUT2D eigenvalue weighted by Gasteiger charge is 2.48. The molecule has 2 amide bonds. The molecule has 4 aliphatic heterocycles. The molecule has 3 atom stereocenters. The van der Waals surface area contributed by atoms with E-state index in [1.54, 1.807) is 20.4 Å². The Hall–Kier alpha value is -12.3. The second-order valence-electron chi connectivity index (χ2n) is 34.2. The van der Waals surface area contributed by atoms with E-state index in [2.05, 4.69) is 194 Å². The number of nitrogens with zero attached hydrogens (tertiary/aromatic N) is 18. The summed E-state index contributed by atoms with van der Waals surface area (Å²) in [5.74, 6) is 4.69. The molecule has 24 nitrogen and oxygen atoms in total. The van der Waals surface area contributed by atoms with Gasteiger partial charge >= 0.3 is 6.03 Å². The van der Waals surface area contributed by atoms with Crippen LogP contribution >= 0.6 is 0 Å². The van der Waals surface area contributed by atoms with E-state index in [1.807, 2.05) is 120 Å². The third-order valence-electron chi connectivity index (χ3n) is 26.5. The van der Waals surface area contributed by atoms with Crippen LogP contribution in [0.15, 0.2) is 231 Å². The van der Waals surface area contributed by atoms with Crippen molar-refractivity contribution in [2.45, 2.75) is 122 Å². The molecule has 10 aromatic heterocycles. The van der Waals surface area contributed by atoms with Gasteiger partial charge in [-0.2, -0.15) is 0 Å². The molecule has 24 heteroatoms. The van der Waals surface area contributed by atoms with Gasteiger partial charge in [0.15, 0.2) is 0 Å². The fourth-order valence-electron chi connectivity index (χ4n) is 19.3. The number of carbonyl (C=O) groups is 1. The summed E-state index contributed by atoms with van der Waals surface area (Å²) >= 11 is 0. The van der Waals surface area contributed by atoms with Crippen molar-refractivity contribution in [3.8, 4) is 11.5 Å². The Balaban J connectivity index is 0.803. The van der Waals surface area contributed by atoms with Gasteiger partial charge in [0.1, 0.15) is 58.9 Å². The molecule has 1 N–H and O–H groups in total. The maximum Gasteiger partial charge on any atom is 0.324 e. The quantitative estimate of drug-likeness (QED) is 0.0460. The lowest BCUT2D eigenvalue weighted by Gasteiger charge is -2.54. The Morgan fingerprint density at radius 1 is 0.476 bits per heavy atom. The highest BCUT2D eigenvalue weighted by molar-refractivity contribution is 5.91. The Bertz CT molecular complexity index is 6050. The summed E-state index contributed by atoms with van der Waals surface area (Å²) in [5.41, 5.74) is 12.4. The van der Waals surface area contributed by atoms with E-state index in [-0.39, 0.29) is 37.4 Å². The van der Waals surface area contributed by atoms with Crippen LogP contribution in [0.5, 0.6) is 11.5 Å². The van der Waals surface area contributed by atoms with Crippen LogP contribution in [0.2, 0.25) is 0 Å². The fourth-order valence-corrected chi connectivity index (χ4v) is 19.3. The van der Waals surface area contributed by atoms with E-state index in [0.717, 1.165) is 149 Å². The molecule has 18 rings (SSSR count). The second kappa shape index (κ2) is 38.3. The summed E-state index contributed by atoms with van der Waals surface area (Å²) in [6.07, 6.45) is 13.3. The number of ether oxygens (including phenoxy) is 4. The van der Waals surface area contributed by atoms with Crippen molar-refractivity contribution < 1.29 is 23.7 Å². The first kappa shape index (κ1) is 84.5. The van der Waals surface area contributed by atoms with Crippen molar-refractivity contribution in [2.24, 2.45) is 5.92 Å². The van der Waals surface area contributed by atoms with Crippen molar-refractivity contribution in [2.75, 3.05) is 126 Å². The van der Waals surface area contributed by atoms with Gasteiger partial charge in [0, 0.05) is 158 Å². The molecule has 645 valence electrons. The molecule has 0 bridgehead atoms. The number of carbonyl (C=O) groups excluding carboxylic acids is 1. The summed E-state index contributed by atoms with van der Waals surface area (Å²) in [4.78, 5) is 88.4. The average molecular weight is 1680 g/mol. The van der Waals surface area contributed by atoms with Crippen LogP contribution < -0.4 is 29.5 Å². The number of hydrogen-bond acceptors (Lipinski definition) is 22. The Morgan fingerprint density at radius 2 is 0.960 bits per heavy atom. The number of rotatable bonds is 29. The van der Waals surface area contributed by atoms with Gasteiger partial charge in [0.05, 0.1) is 79.4 Å². The maximum absolute atomic E-state index is 16.9.